The Labute approximate surface area is 163 Å². The summed E-state index contributed by atoms with van der Waals surface area (Å²) in [5.74, 6) is 0. The minimum absolute atomic E-state index is 0.0807. The normalized spacial score (nSPS) is 17.2. The summed E-state index contributed by atoms with van der Waals surface area (Å²) >= 11 is 0. The minimum Gasteiger partial charge on any atom is -0.308 e. The van der Waals surface area contributed by atoms with Crippen molar-refractivity contribution < 1.29 is 16.8 Å². The van der Waals surface area contributed by atoms with E-state index in [9.17, 15) is 16.8 Å². The number of fused-ring (bicyclic) bond motifs is 1. The van der Waals surface area contributed by atoms with Crippen molar-refractivity contribution in [3.63, 3.8) is 0 Å². The first-order valence-corrected chi connectivity index (χ1v) is 11.9. The molecule has 28 heavy (non-hydrogen) atoms. The Hall–Kier alpha value is -2.30. The van der Waals surface area contributed by atoms with Crippen LogP contribution in [0, 0.1) is 0 Å². The summed E-state index contributed by atoms with van der Waals surface area (Å²) in [4.78, 5) is 0.250. The number of sulfonamides is 1. The second kappa shape index (κ2) is 6.94. The summed E-state index contributed by atoms with van der Waals surface area (Å²) < 4.78 is 54.7. The van der Waals surface area contributed by atoms with Gasteiger partial charge in [-0.15, -0.1) is 10.2 Å². The standard InChI is InChI=1S/C18H20N4O4S2/c1-21-13-19-20-18(21)27(23,24)15-9-11-22(12-10-15)28(25,26)17-8-4-6-14-5-2-3-7-16(14)17/h2-8,13,15H,9-12H2,1H3. The summed E-state index contributed by atoms with van der Waals surface area (Å²) in [5, 5.41) is 8.10. The fraction of sp³-hybridized carbons (Fsp3) is 0.333. The molecule has 8 nitrogen and oxygen atoms in total. The number of benzene rings is 2. The fourth-order valence-corrected chi connectivity index (χ4v) is 7.04. The molecular formula is C18H20N4O4S2. The Morgan fingerprint density at radius 2 is 1.64 bits per heavy atom. The topological polar surface area (TPSA) is 102 Å². The summed E-state index contributed by atoms with van der Waals surface area (Å²) in [5.41, 5.74) is 0. The molecule has 2 aromatic carbocycles. The molecule has 3 aromatic rings. The molecule has 1 saturated heterocycles. The van der Waals surface area contributed by atoms with Crippen molar-refractivity contribution in [3.05, 3.63) is 48.8 Å². The Kier molecular flexibility index (Phi) is 4.72. The molecule has 0 atom stereocenters. The summed E-state index contributed by atoms with van der Waals surface area (Å²) in [6.07, 6.45) is 1.78. The Bertz CT molecular complexity index is 1220. The molecule has 148 valence electrons. The smallest absolute Gasteiger partial charge is 0.249 e. The molecule has 4 rings (SSSR count). The van der Waals surface area contributed by atoms with Crippen molar-refractivity contribution in [2.24, 2.45) is 7.05 Å². The molecular weight excluding hydrogens is 400 g/mol. The third-order valence-electron chi connectivity index (χ3n) is 5.13. The number of hydrogen-bond acceptors (Lipinski definition) is 6. The van der Waals surface area contributed by atoms with Crippen LogP contribution in [0.4, 0.5) is 0 Å². The highest BCUT2D eigenvalue weighted by Gasteiger charge is 2.38. The van der Waals surface area contributed by atoms with Crippen molar-refractivity contribution in [2.45, 2.75) is 28.1 Å². The van der Waals surface area contributed by atoms with E-state index in [1.54, 1.807) is 31.3 Å². The van der Waals surface area contributed by atoms with E-state index in [-0.39, 0.29) is 36.0 Å². The van der Waals surface area contributed by atoms with Gasteiger partial charge in [-0.1, -0.05) is 36.4 Å². The number of nitrogens with zero attached hydrogens (tertiary/aromatic N) is 4. The molecule has 1 aliphatic rings. The van der Waals surface area contributed by atoms with Crippen molar-refractivity contribution in [3.8, 4) is 0 Å². The lowest BCUT2D eigenvalue weighted by Gasteiger charge is -2.30. The molecule has 0 unspecified atom stereocenters. The molecule has 10 heteroatoms. The minimum atomic E-state index is -3.71. The lowest BCUT2D eigenvalue weighted by Crippen LogP contribution is -2.42. The van der Waals surface area contributed by atoms with Gasteiger partial charge in [-0.3, -0.25) is 0 Å². The highest BCUT2D eigenvalue weighted by Crippen LogP contribution is 2.30. The van der Waals surface area contributed by atoms with Gasteiger partial charge in [-0.25, -0.2) is 16.8 Å². The molecule has 0 saturated carbocycles. The molecule has 1 aromatic heterocycles. The van der Waals surface area contributed by atoms with E-state index in [1.165, 1.54) is 15.2 Å². The molecule has 0 radical (unpaired) electrons. The van der Waals surface area contributed by atoms with Crippen LogP contribution in [0.5, 0.6) is 0 Å². The van der Waals surface area contributed by atoms with Crippen LogP contribution in [-0.2, 0) is 26.9 Å². The second-order valence-electron chi connectivity index (χ2n) is 6.85. The predicted molar refractivity (Wildman–Crippen MR) is 104 cm³/mol. The quantitative estimate of drug-likeness (QED) is 0.635. The maximum atomic E-state index is 13.2. The number of hydrogen-bond donors (Lipinski definition) is 0. The number of aromatic nitrogens is 3. The van der Waals surface area contributed by atoms with E-state index < -0.39 is 25.1 Å². The van der Waals surface area contributed by atoms with Crippen LogP contribution < -0.4 is 0 Å². The van der Waals surface area contributed by atoms with Crippen LogP contribution in [0.1, 0.15) is 12.8 Å². The summed E-state index contributed by atoms with van der Waals surface area (Å²) in [7, 11) is -5.79. The molecule has 1 fully saturated rings. The van der Waals surface area contributed by atoms with Crippen LogP contribution in [0.3, 0.4) is 0 Å². The maximum Gasteiger partial charge on any atom is 0.249 e. The molecule has 0 amide bonds. The van der Waals surface area contributed by atoms with Crippen LogP contribution in [-0.4, -0.2) is 54.2 Å². The van der Waals surface area contributed by atoms with Gasteiger partial charge in [0.1, 0.15) is 6.33 Å². The van der Waals surface area contributed by atoms with Gasteiger partial charge in [0.2, 0.25) is 25.0 Å². The van der Waals surface area contributed by atoms with Gasteiger partial charge in [-0.2, -0.15) is 4.31 Å². The van der Waals surface area contributed by atoms with Crippen molar-refractivity contribution >= 4 is 30.6 Å². The maximum absolute atomic E-state index is 13.2. The Balaban J connectivity index is 1.59. The highest BCUT2D eigenvalue weighted by atomic mass is 32.2. The fourth-order valence-electron chi connectivity index (χ4n) is 3.62. The zero-order valence-electron chi connectivity index (χ0n) is 15.3. The van der Waals surface area contributed by atoms with Crippen LogP contribution in [0.2, 0.25) is 0 Å². The van der Waals surface area contributed by atoms with E-state index in [2.05, 4.69) is 10.2 Å². The van der Waals surface area contributed by atoms with Crippen molar-refractivity contribution in [1.82, 2.24) is 19.1 Å². The Morgan fingerprint density at radius 3 is 2.32 bits per heavy atom. The van der Waals surface area contributed by atoms with Gasteiger partial charge in [0, 0.05) is 25.5 Å². The van der Waals surface area contributed by atoms with E-state index >= 15 is 0 Å². The van der Waals surface area contributed by atoms with Gasteiger partial charge in [-0.05, 0) is 24.3 Å². The van der Waals surface area contributed by atoms with Gasteiger partial charge in [0.15, 0.2) is 0 Å². The summed E-state index contributed by atoms with van der Waals surface area (Å²) in [6.45, 7) is 0.292. The van der Waals surface area contributed by atoms with Crippen LogP contribution in [0.15, 0.2) is 58.8 Å². The second-order valence-corrected chi connectivity index (χ2v) is 10.9. The molecule has 0 bridgehead atoms. The number of sulfone groups is 1. The SMILES string of the molecule is Cn1cnnc1S(=O)(=O)C1CCN(S(=O)(=O)c2cccc3ccccc23)CC1. The lowest BCUT2D eigenvalue weighted by atomic mass is 10.1. The van der Waals surface area contributed by atoms with Crippen LogP contribution in [0.25, 0.3) is 10.8 Å². The monoisotopic (exact) mass is 420 g/mol. The zero-order valence-corrected chi connectivity index (χ0v) is 16.9. The third kappa shape index (κ3) is 3.11. The largest absolute Gasteiger partial charge is 0.308 e. The first-order chi connectivity index (χ1) is 13.3. The van der Waals surface area contributed by atoms with E-state index in [0.717, 1.165) is 5.39 Å². The Morgan fingerprint density at radius 1 is 0.964 bits per heavy atom. The third-order valence-corrected chi connectivity index (χ3v) is 9.32. The first kappa shape index (κ1) is 19.0. The highest BCUT2D eigenvalue weighted by molar-refractivity contribution is 7.92. The van der Waals surface area contributed by atoms with Crippen molar-refractivity contribution in [2.75, 3.05) is 13.1 Å². The average Bonchev–Trinajstić information content (AvgIpc) is 3.14. The zero-order chi connectivity index (χ0) is 19.9. The van der Waals surface area contributed by atoms with E-state index in [1.807, 2.05) is 18.2 Å². The molecule has 0 aliphatic carbocycles. The van der Waals surface area contributed by atoms with Crippen molar-refractivity contribution in [1.29, 1.82) is 0 Å². The van der Waals surface area contributed by atoms with E-state index in [0.29, 0.717) is 5.39 Å². The van der Waals surface area contributed by atoms with Gasteiger partial charge < -0.3 is 4.57 Å². The average molecular weight is 421 g/mol. The number of piperidine rings is 1. The van der Waals surface area contributed by atoms with Crippen LogP contribution >= 0.6 is 0 Å². The van der Waals surface area contributed by atoms with Gasteiger partial charge in [0.05, 0.1) is 10.1 Å². The molecule has 2 heterocycles. The summed E-state index contributed by atoms with van der Waals surface area (Å²) in [6, 6.07) is 12.5. The molecule has 0 N–H and O–H groups in total. The first-order valence-electron chi connectivity index (χ1n) is 8.87. The van der Waals surface area contributed by atoms with Gasteiger partial charge >= 0.3 is 0 Å². The lowest BCUT2D eigenvalue weighted by molar-refractivity contribution is 0.345. The molecule has 0 spiro atoms. The molecule has 1 aliphatic heterocycles. The predicted octanol–water partition coefficient (Wildman–Crippen LogP) is 1.60. The van der Waals surface area contributed by atoms with E-state index in [4.69, 9.17) is 0 Å². The number of rotatable bonds is 4. The number of aryl methyl sites for hydroxylation is 1. The van der Waals surface area contributed by atoms with Gasteiger partial charge in [0.25, 0.3) is 0 Å².